The van der Waals surface area contributed by atoms with Gasteiger partial charge in [0.1, 0.15) is 0 Å². The molecule has 2 fully saturated rings. The van der Waals surface area contributed by atoms with Crippen molar-refractivity contribution in [1.82, 2.24) is 10.2 Å². The third-order valence-corrected chi connectivity index (χ3v) is 8.15. The Bertz CT molecular complexity index is 1060. The molecule has 0 unspecified atom stereocenters. The Balaban J connectivity index is 0.892. The first-order valence-corrected chi connectivity index (χ1v) is 13.4. The van der Waals surface area contributed by atoms with Crippen LogP contribution < -0.4 is 24.8 Å². The fourth-order valence-electron chi connectivity index (χ4n) is 6.03. The van der Waals surface area contributed by atoms with Crippen LogP contribution in [0.25, 0.3) is 0 Å². The minimum Gasteiger partial charge on any atom is -0.454 e. The Kier molecular flexibility index (Phi) is 6.77. The van der Waals surface area contributed by atoms with Crippen LogP contribution >= 0.6 is 0 Å². The summed E-state index contributed by atoms with van der Waals surface area (Å²) in [5.41, 5.74) is 3.40. The average Bonchev–Trinajstić information content (AvgIpc) is 3.56. The van der Waals surface area contributed by atoms with Gasteiger partial charge in [0.15, 0.2) is 11.5 Å². The Morgan fingerprint density at radius 1 is 0.917 bits per heavy atom. The van der Waals surface area contributed by atoms with Crippen molar-refractivity contribution in [2.75, 3.05) is 56.0 Å². The summed E-state index contributed by atoms with van der Waals surface area (Å²) < 4.78 is 11.2. The van der Waals surface area contributed by atoms with Crippen LogP contribution in [0, 0.1) is 5.92 Å². The number of nitrogens with one attached hydrogen (secondary N) is 1. The number of rotatable bonds is 6. The van der Waals surface area contributed by atoms with Gasteiger partial charge >= 0.3 is 6.09 Å². The number of amides is 1. The lowest BCUT2D eigenvalue weighted by Crippen LogP contribution is -2.47. The van der Waals surface area contributed by atoms with Gasteiger partial charge in [0, 0.05) is 32.2 Å². The van der Waals surface area contributed by atoms with Gasteiger partial charge in [-0.1, -0.05) is 24.3 Å². The molecule has 3 aliphatic heterocycles. The number of ether oxygens (including phenoxy) is 2. The summed E-state index contributed by atoms with van der Waals surface area (Å²) >= 11 is 0. The van der Waals surface area contributed by atoms with Gasteiger partial charge in [-0.2, -0.15) is 0 Å². The number of piperazine rings is 1. The molecule has 0 radical (unpaired) electrons. The Labute approximate surface area is 213 Å². The van der Waals surface area contributed by atoms with Crippen LogP contribution in [0.3, 0.4) is 0 Å². The molecule has 1 aliphatic carbocycles. The van der Waals surface area contributed by atoms with Crippen molar-refractivity contribution in [3.8, 4) is 11.5 Å². The summed E-state index contributed by atoms with van der Waals surface area (Å²) in [6.07, 6.45) is 6.24. The zero-order valence-corrected chi connectivity index (χ0v) is 20.9. The molecular weight excluding hydrogens is 456 g/mol. The molecule has 192 valence electrons. The minimum atomic E-state index is -0.325. The summed E-state index contributed by atoms with van der Waals surface area (Å²) in [5, 5.41) is 4.83. The van der Waals surface area contributed by atoms with Gasteiger partial charge in [-0.3, -0.25) is 4.90 Å². The van der Waals surface area contributed by atoms with Crippen LogP contribution in [0.4, 0.5) is 16.2 Å². The van der Waals surface area contributed by atoms with Gasteiger partial charge in [-0.15, -0.1) is 0 Å². The van der Waals surface area contributed by atoms with E-state index in [1.807, 2.05) is 30.3 Å². The Morgan fingerprint density at radius 2 is 1.72 bits per heavy atom. The molecular formula is C28H36N4O4. The van der Waals surface area contributed by atoms with E-state index in [0.717, 1.165) is 87.3 Å². The molecule has 0 aromatic heterocycles. The fraction of sp³-hybridized carbons (Fsp3) is 0.536. The van der Waals surface area contributed by atoms with Crippen LogP contribution in [-0.4, -0.2) is 63.1 Å². The van der Waals surface area contributed by atoms with Crippen molar-refractivity contribution in [2.24, 2.45) is 5.92 Å². The number of carbonyl (C=O) groups is 1. The summed E-state index contributed by atoms with van der Waals surface area (Å²) in [4.78, 5) is 23.1. The lowest BCUT2D eigenvalue weighted by atomic mass is 9.84. The zero-order valence-electron chi connectivity index (χ0n) is 20.9. The summed E-state index contributed by atoms with van der Waals surface area (Å²) in [5.74, 6) is 2.49. The van der Waals surface area contributed by atoms with Gasteiger partial charge in [0.25, 0.3) is 0 Å². The number of fused-ring (bicyclic) bond motifs is 2. The predicted octanol–water partition coefficient (Wildman–Crippen LogP) is 4.19. The first-order valence-electron chi connectivity index (χ1n) is 13.4. The maximum absolute atomic E-state index is 12.5. The van der Waals surface area contributed by atoms with E-state index >= 15 is 0 Å². The Morgan fingerprint density at radius 3 is 2.58 bits per heavy atom. The second kappa shape index (κ2) is 10.5. The number of carbonyl (C=O) groups excluding carboxylic acids is 1. The quantitative estimate of drug-likeness (QED) is 0.649. The number of hydrogen-bond acceptors (Lipinski definition) is 7. The molecule has 36 heavy (non-hydrogen) atoms. The van der Waals surface area contributed by atoms with Gasteiger partial charge in [-0.25, -0.2) is 9.86 Å². The molecule has 1 saturated heterocycles. The van der Waals surface area contributed by atoms with Crippen molar-refractivity contribution >= 4 is 17.5 Å². The summed E-state index contributed by atoms with van der Waals surface area (Å²) in [6, 6.07) is 14.5. The van der Waals surface area contributed by atoms with Gasteiger partial charge in [-0.05, 0) is 74.8 Å². The predicted molar refractivity (Wildman–Crippen MR) is 139 cm³/mol. The molecule has 3 heterocycles. The molecule has 0 bridgehead atoms. The lowest BCUT2D eigenvalue weighted by molar-refractivity contribution is 0.126. The summed E-state index contributed by atoms with van der Waals surface area (Å²) in [7, 11) is 0. The fourth-order valence-corrected chi connectivity index (χ4v) is 6.03. The molecule has 8 nitrogen and oxygen atoms in total. The molecule has 1 saturated carbocycles. The molecule has 2 aromatic rings. The van der Waals surface area contributed by atoms with Crippen LogP contribution in [0.2, 0.25) is 0 Å². The average molecular weight is 493 g/mol. The molecule has 0 spiro atoms. The highest BCUT2D eigenvalue weighted by molar-refractivity contribution is 5.70. The third kappa shape index (κ3) is 5.05. The molecule has 4 aliphatic rings. The van der Waals surface area contributed by atoms with Crippen LogP contribution in [0.15, 0.2) is 42.5 Å². The third-order valence-electron chi connectivity index (χ3n) is 8.15. The number of hydroxylamine groups is 1. The van der Waals surface area contributed by atoms with Gasteiger partial charge < -0.3 is 24.5 Å². The monoisotopic (exact) mass is 492 g/mol. The van der Waals surface area contributed by atoms with E-state index < -0.39 is 0 Å². The largest absolute Gasteiger partial charge is 0.454 e. The Hall–Kier alpha value is -3.13. The van der Waals surface area contributed by atoms with Crippen molar-refractivity contribution in [1.29, 1.82) is 0 Å². The number of hydrogen-bond donors (Lipinski definition) is 1. The topological polar surface area (TPSA) is 66.5 Å². The maximum Gasteiger partial charge on any atom is 0.431 e. The van der Waals surface area contributed by atoms with Crippen LogP contribution in [-0.2, 0) is 11.3 Å². The van der Waals surface area contributed by atoms with E-state index in [-0.39, 0.29) is 12.1 Å². The van der Waals surface area contributed by atoms with E-state index in [4.69, 9.17) is 14.3 Å². The highest BCUT2D eigenvalue weighted by atomic mass is 16.7. The lowest BCUT2D eigenvalue weighted by Gasteiger charge is -2.37. The summed E-state index contributed by atoms with van der Waals surface area (Å²) in [6.45, 7) is 6.38. The number of nitrogens with zero attached hydrogens (tertiary/aromatic N) is 3. The second-order valence-corrected chi connectivity index (χ2v) is 10.3. The highest BCUT2D eigenvalue weighted by Crippen LogP contribution is 2.41. The molecule has 2 aromatic carbocycles. The van der Waals surface area contributed by atoms with E-state index in [1.165, 1.54) is 24.8 Å². The second-order valence-electron chi connectivity index (χ2n) is 10.3. The minimum absolute atomic E-state index is 0.217. The molecule has 6 rings (SSSR count). The molecule has 1 N–H and O–H groups in total. The standard InChI is InChI=1S/C28H36N4O4/c33-28(36-32-15-13-22-4-1-2-5-24(22)32)29-23-10-8-21(9-11-23)12-14-30-16-18-31(19-17-30)25-6-3-7-26-27(25)35-20-34-26/h1-7,21,23H,8-20H2,(H,29,33). The van der Waals surface area contributed by atoms with E-state index in [9.17, 15) is 4.79 Å². The van der Waals surface area contributed by atoms with E-state index in [0.29, 0.717) is 6.79 Å². The van der Waals surface area contributed by atoms with Crippen molar-refractivity contribution in [2.45, 2.75) is 44.6 Å². The molecule has 8 heteroatoms. The van der Waals surface area contributed by atoms with Crippen LogP contribution in [0.1, 0.15) is 37.7 Å². The maximum atomic E-state index is 12.5. The number of anilines is 2. The molecule has 1 amide bonds. The normalized spacial score (nSPS) is 23.4. The highest BCUT2D eigenvalue weighted by Gasteiger charge is 2.28. The number of para-hydroxylation sites is 2. The first-order chi connectivity index (χ1) is 17.7. The van der Waals surface area contributed by atoms with E-state index in [2.05, 4.69) is 27.2 Å². The van der Waals surface area contributed by atoms with Gasteiger partial charge in [0.05, 0.1) is 17.9 Å². The SMILES string of the molecule is O=C(NC1CCC(CCN2CCN(c3cccc4c3OCO4)CC2)CC1)ON1CCc2ccccc21. The van der Waals surface area contributed by atoms with Crippen molar-refractivity contribution in [3.05, 3.63) is 48.0 Å². The van der Waals surface area contributed by atoms with E-state index in [1.54, 1.807) is 5.06 Å². The zero-order chi connectivity index (χ0) is 24.3. The smallest absolute Gasteiger partial charge is 0.431 e. The van der Waals surface area contributed by atoms with Crippen LogP contribution in [0.5, 0.6) is 11.5 Å². The van der Waals surface area contributed by atoms with Crippen molar-refractivity contribution < 1.29 is 19.1 Å². The number of benzene rings is 2. The van der Waals surface area contributed by atoms with Crippen molar-refractivity contribution in [3.63, 3.8) is 0 Å². The van der Waals surface area contributed by atoms with Gasteiger partial charge in [0.2, 0.25) is 6.79 Å². The molecule has 0 atom stereocenters. The first kappa shape index (κ1) is 23.3.